The smallest absolute Gasteiger partial charge is 0.0352 e. The molecule has 0 fully saturated rings. The van der Waals surface area contributed by atoms with Crippen LogP contribution in [0.3, 0.4) is 0 Å². The Bertz CT molecular complexity index is 729. The van der Waals surface area contributed by atoms with Crippen LogP contribution in [0.4, 0.5) is 0 Å². The monoisotopic (exact) mass is 276 g/mol. The van der Waals surface area contributed by atoms with Crippen molar-refractivity contribution in [2.45, 2.75) is 19.9 Å². The van der Waals surface area contributed by atoms with Crippen molar-refractivity contribution in [1.29, 1.82) is 0 Å². The van der Waals surface area contributed by atoms with Crippen LogP contribution >= 0.6 is 0 Å². The number of nitrogens with one attached hydrogen (secondary N) is 1. The highest BCUT2D eigenvalue weighted by Crippen LogP contribution is 2.30. The Hall–Kier alpha value is -2.19. The van der Waals surface area contributed by atoms with E-state index in [0.717, 1.165) is 19.5 Å². The van der Waals surface area contributed by atoms with Gasteiger partial charge in [0.15, 0.2) is 0 Å². The summed E-state index contributed by atoms with van der Waals surface area (Å²) in [5.41, 5.74) is 3.80. The van der Waals surface area contributed by atoms with Crippen molar-refractivity contribution in [3.05, 3.63) is 66.5 Å². The lowest BCUT2D eigenvalue weighted by molar-refractivity contribution is 0.676. The van der Waals surface area contributed by atoms with Gasteiger partial charge in [0.2, 0.25) is 0 Å². The van der Waals surface area contributed by atoms with Crippen LogP contribution in [-0.4, -0.2) is 11.5 Å². The van der Waals surface area contributed by atoms with Gasteiger partial charge in [0.05, 0.1) is 0 Å². The van der Waals surface area contributed by atoms with Crippen molar-refractivity contribution in [3.8, 4) is 11.1 Å². The Morgan fingerprint density at radius 1 is 0.905 bits per heavy atom. The fourth-order valence-electron chi connectivity index (χ4n) is 2.67. The molecule has 3 rings (SSSR count). The lowest BCUT2D eigenvalue weighted by atomic mass is 9.96. The maximum absolute atomic E-state index is 4.41. The van der Waals surface area contributed by atoms with E-state index >= 15 is 0 Å². The standard InChI is InChI=1S/C19H20N2/c1-2-11-20-12-15-7-3-5-9-17(15)19-14-21-13-16-8-4-6-10-18(16)19/h3-10,13-14,20H,2,11-12H2,1H3. The number of pyridine rings is 1. The molecule has 0 saturated heterocycles. The summed E-state index contributed by atoms with van der Waals surface area (Å²) in [6.45, 7) is 4.13. The SMILES string of the molecule is CCCNCc1ccccc1-c1cncc2ccccc12. The van der Waals surface area contributed by atoms with E-state index < -0.39 is 0 Å². The van der Waals surface area contributed by atoms with Crippen molar-refractivity contribution in [3.63, 3.8) is 0 Å². The van der Waals surface area contributed by atoms with Gasteiger partial charge in [-0.3, -0.25) is 4.98 Å². The summed E-state index contributed by atoms with van der Waals surface area (Å²) in [6, 6.07) is 17.0. The molecule has 1 aromatic heterocycles. The minimum Gasteiger partial charge on any atom is -0.313 e. The minimum atomic E-state index is 0.896. The lowest BCUT2D eigenvalue weighted by Crippen LogP contribution is -2.14. The zero-order valence-corrected chi connectivity index (χ0v) is 12.3. The first-order valence-electron chi connectivity index (χ1n) is 7.52. The highest BCUT2D eigenvalue weighted by Gasteiger charge is 2.08. The molecular weight excluding hydrogens is 256 g/mol. The fourth-order valence-corrected chi connectivity index (χ4v) is 2.67. The summed E-state index contributed by atoms with van der Waals surface area (Å²) in [5.74, 6) is 0. The predicted molar refractivity (Wildman–Crippen MR) is 89.2 cm³/mol. The van der Waals surface area contributed by atoms with E-state index in [1.54, 1.807) is 0 Å². The molecule has 0 saturated carbocycles. The average molecular weight is 276 g/mol. The van der Waals surface area contributed by atoms with Gasteiger partial charge in [-0.05, 0) is 29.5 Å². The first kappa shape index (κ1) is 13.8. The Morgan fingerprint density at radius 2 is 1.71 bits per heavy atom. The molecule has 2 nitrogen and oxygen atoms in total. The molecule has 1 heterocycles. The van der Waals surface area contributed by atoms with Crippen LogP contribution in [-0.2, 0) is 6.54 Å². The van der Waals surface area contributed by atoms with Crippen molar-refractivity contribution in [2.75, 3.05) is 6.54 Å². The molecule has 0 aliphatic heterocycles. The number of rotatable bonds is 5. The Balaban J connectivity index is 2.06. The quantitative estimate of drug-likeness (QED) is 0.699. The molecule has 0 unspecified atom stereocenters. The molecule has 1 N–H and O–H groups in total. The van der Waals surface area contributed by atoms with Gasteiger partial charge in [0, 0.05) is 29.9 Å². The molecule has 0 bridgehead atoms. The number of hydrogen-bond acceptors (Lipinski definition) is 2. The number of aromatic nitrogens is 1. The maximum atomic E-state index is 4.41. The Labute approximate surface area is 125 Å². The van der Waals surface area contributed by atoms with E-state index in [1.165, 1.54) is 27.5 Å². The number of hydrogen-bond donors (Lipinski definition) is 1. The van der Waals surface area contributed by atoms with Gasteiger partial charge in [-0.15, -0.1) is 0 Å². The second-order valence-electron chi connectivity index (χ2n) is 5.24. The average Bonchev–Trinajstić information content (AvgIpc) is 2.55. The van der Waals surface area contributed by atoms with E-state index in [0.29, 0.717) is 0 Å². The number of fused-ring (bicyclic) bond motifs is 1. The zero-order valence-electron chi connectivity index (χ0n) is 12.3. The molecule has 3 aromatic rings. The number of nitrogens with zero attached hydrogens (tertiary/aromatic N) is 1. The van der Waals surface area contributed by atoms with Gasteiger partial charge < -0.3 is 5.32 Å². The van der Waals surface area contributed by atoms with Gasteiger partial charge in [0.1, 0.15) is 0 Å². The van der Waals surface area contributed by atoms with Crippen LogP contribution in [0.2, 0.25) is 0 Å². The summed E-state index contributed by atoms with van der Waals surface area (Å²) < 4.78 is 0. The predicted octanol–water partition coefficient (Wildman–Crippen LogP) is 4.40. The Morgan fingerprint density at radius 3 is 2.62 bits per heavy atom. The Kier molecular flexibility index (Phi) is 4.27. The van der Waals surface area contributed by atoms with Crippen molar-refractivity contribution < 1.29 is 0 Å². The highest BCUT2D eigenvalue weighted by atomic mass is 14.8. The summed E-state index contributed by atoms with van der Waals surface area (Å²) in [5, 5.41) is 5.94. The molecule has 0 aliphatic rings. The largest absolute Gasteiger partial charge is 0.313 e. The first-order valence-corrected chi connectivity index (χ1v) is 7.52. The summed E-state index contributed by atoms with van der Waals surface area (Å²) >= 11 is 0. The van der Waals surface area contributed by atoms with Crippen molar-refractivity contribution in [2.24, 2.45) is 0 Å². The van der Waals surface area contributed by atoms with E-state index in [-0.39, 0.29) is 0 Å². The summed E-state index contributed by atoms with van der Waals surface area (Å²) in [4.78, 5) is 4.41. The maximum Gasteiger partial charge on any atom is 0.0352 e. The second-order valence-corrected chi connectivity index (χ2v) is 5.24. The molecule has 106 valence electrons. The molecule has 21 heavy (non-hydrogen) atoms. The molecule has 0 atom stereocenters. The van der Waals surface area contributed by atoms with Gasteiger partial charge in [-0.1, -0.05) is 55.5 Å². The van der Waals surface area contributed by atoms with Gasteiger partial charge in [-0.25, -0.2) is 0 Å². The topological polar surface area (TPSA) is 24.9 Å². The normalized spacial score (nSPS) is 10.9. The third-order valence-electron chi connectivity index (χ3n) is 3.72. The van der Waals surface area contributed by atoms with Crippen LogP contribution in [0.25, 0.3) is 21.9 Å². The van der Waals surface area contributed by atoms with Crippen LogP contribution in [0.15, 0.2) is 60.9 Å². The molecule has 2 heteroatoms. The lowest BCUT2D eigenvalue weighted by Gasteiger charge is -2.12. The van der Waals surface area contributed by atoms with Crippen LogP contribution in [0.5, 0.6) is 0 Å². The molecule has 0 radical (unpaired) electrons. The van der Waals surface area contributed by atoms with Crippen LogP contribution in [0, 0.1) is 0 Å². The molecular formula is C19H20N2. The van der Waals surface area contributed by atoms with Crippen LogP contribution in [0.1, 0.15) is 18.9 Å². The molecule has 0 spiro atoms. The number of benzene rings is 2. The van der Waals surface area contributed by atoms with E-state index in [1.807, 2.05) is 12.4 Å². The van der Waals surface area contributed by atoms with Crippen LogP contribution < -0.4 is 5.32 Å². The highest BCUT2D eigenvalue weighted by molar-refractivity contribution is 5.96. The van der Waals surface area contributed by atoms with Gasteiger partial charge >= 0.3 is 0 Å². The zero-order chi connectivity index (χ0) is 14.5. The van der Waals surface area contributed by atoms with Crippen molar-refractivity contribution in [1.82, 2.24) is 10.3 Å². The van der Waals surface area contributed by atoms with E-state index in [9.17, 15) is 0 Å². The summed E-state index contributed by atoms with van der Waals surface area (Å²) in [7, 11) is 0. The molecule has 0 amide bonds. The molecule has 2 aromatic carbocycles. The third kappa shape index (κ3) is 2.96. The summed E-state index contributed by atoms with van der Waals surface area (Å²) in [6.07, 6.45) is 5.05. The third-order valence-corrected chi connectivity index (χ3v) is 3.72. The van der Waals surface area contributed by atoms with Gasteiger partial charge in [0.25, 0.3) is 0 Å². The van der Waals surface area contributed by atoms with E-state index in [2.05, 4.69) is 65.8 Å². The van der Waals surface area contributed by atoms with Crippen molar-refractivity contribution >= 4 is 10.8 Å². The molecule has 0 aliphatic carbocycles. The van der Waals surface area contributed by atoms with Gasteiger partial charge in [-0.2, -0.15) is 0 Å². The van der Waals surface area contributed by atoms with E-state index in [4.69, 9.17) is 0 Å². The first-order chi connectivity index (χ1) is 10.4. The second kappa shape index (κ2) is 6.51. The fraction of sp³-hybridized carbons (Fsp3) is 0.211. The minimum absolute atomic E-state index is 0.896.